The third kappa shape index (κ3) is 3.98. The molecular formula is C15H25N3O3S. The smallest absolute Gasteiger partial charge is 0.279 e. The van der Waals surface area contributed by atoms with Crippen molar-refractivity contribution >= 4 is 10.2 Å². The zero-order valence-corrected chi connectivity index (χ0v) is 14.3. The lowest BCUT2D eigenvalue weighted by molar-refractivity contribution is 0.287. The van der Waals surface area contributed by atoms with Crippen LogP contribution in [0.4, 0.5) is 0 Å². The zero-order valence-electron chi connectivity index (χ0n) is 13.4. The largest absolute Gasteiger partial charge is 0.496 e. The van der Waals surface area contributed by atoms with Crippen LogP contribution < -0.4 is 9.46 Å². The molecule has 124 valence electrons. The fourth-order valence-corrected chi connectivity index (χ4v) is 4.01. The van der Waals surface area contributed by atoms with Gasteiger partial charge in [0, 0.05) is 25.2 Å². The molecule has 7 heteroatoms. The van der Waals surface area contributed by atoms with E-state index in [-0.39, 0.29) is 6.04 Å². The van der Waals surface area contributed by atoms with Gasteiger partial charge in [0.05, 0.1) is 13.2 Å². The van der Waals surface area contributed by atoms with Gasteiger partial charge in [-0.1, -0.05) is 18.2 Å². The van der Waals surface area contributed by atoms with Gasteiger partial charge in [0.15, 0.2) is 0 Å². The molecule has 1 fully saturated rings. The van der Waals surface area contributed by atoms with Crippen molar-refractivity contribution in [3.05, 3.63) is 29.8 Å². The molecule has 1 aromatic carbocycles. The number of hydrogen-bond acceptors (Lipinski definition) is 4. The van der Waals surface area contributed by atoms with E-state index in [0.29, 0.717) is 19.6 Å². The SMILES string of the molecule is COc1ccccc1[C@@H](CNS(=O)(=O)N1CCCC1)N(C)C. The molecule has 0 spiro atoms. The van der Waals surface area contributed by atoms with Crippen molar-refractivity contribution in [1.82, 2.24) is 13.9 Å². The molecule has 1 heterocycles. The highest BCUT2D eigenvalue weighted by molar-refractivity contribution is 7.87. The standard InChI is InChI=1S/C15H25N3O3S/c1-17(2)14(13-8-4-5-9-15(13)21-3)12-16-22(19,20)18-10-6-7-11-18/h4-5,8-9,14,16H,6-7,10-12H2,1-3H3/t14-/m1/s1. The van der Waals surface area contributed by atoms with Crippen LogP contribution in [0.3, 0.4) is 0 Å². The maximum absolute atomic E-state index is 12.3. The zero-order chi connectivity index (χ0) is 16.2. The number of benzene rings is 1. The Morgan fingerprint density at radius 3 is 2.50 bits per heavy atom. The molecule has 22 heavy (non-hydrogen) atoms. The average molecular weight is 327 g/mol. The summed E-state index contributed by atoms with van der Waals surface area (Å²) in [5, 5.41) is 0. The Balaban J connectivity index is 2.12. The average Bonchev–Trinajstić information content (AvgIpc) is 3.02. The van der Waals surface area contributed by atoms with Crippen molar-refractivity contribution in [3.63, 3.8) is 0 Å². The summed E-state index contributed by atoms with van der Waals surface area (Å²) in [7, 11) is 2.09. The molecule has 1 N–H and O–H groups in total. The Hall–Kier alpha value is -1.15. The summed E-state index contributed by atoms with van der Waals surface area (Å²) >= 11 is 0. The van der Waals surface area contributed by atoms with E-state index in [2.05, 4.69) is 4.72 Å². The molecule has 0 aliphatic carbocycles. The molecule has 1 atom stereocenters. The van der Waals surface area contributed by atoms with Crippen molar-refractivity contribution in [2.75, 3.05) is 40.8 Å². The van der Waals surface area contributed by atoms with Crippen LogP contribution in [0.2, 0.25) is 0 Å². The van der Waals surface area contributed by atoms with Crippen LogP contribution >= 0.6 is 0 Å². The minimum atomic E-state index is -3.40. The lowest BCUT2D eigenvalue weighted by atomic mass is 10.1. The van der Waals surface area contributed by atoms with Crippen LogP contribution in [0.15, 0.2) is 24.3 Å². The predicted octanol–water partition coefficient (Wildman–Crippen LogP) is 1.23. The Morgan fingerprint density at radius 1 is 1.27 bits per heavy atom. The lowest BCUT2D eigenvalue weighted by Gasteiger charge is -2.27. The number of ether oxygens (including phenoxy) is 1. The molecule has 0 amide bonds. The topological polar surface area (TPSA) is 61.9 Å². The third-order valence-corrected chi connectivity index (χ3v) is 5.56. The van der Waals surface area contributed by atoms with E-state index < -0.39 is 10.2 Å². The number of rotatable bonds is 7. The summed E-state index contributed by atoms with van der Waals surface area (Å²) in [5.74, 6) is 0.765. The van der Waals surface area contributed by atoms with Crippen molar-refractivity contribution in [2.45, 2.75) is 18.9 Å². The number of nitrogens with one attached hydrogen (secondary N) is 1. The van der Waals surface area contributed by atoms with E-state index in [9.17, 15) is 8.42 Å². The van der Waals surface area contributed by atoms with Gasteiger partial charge in [-0.05, 0) is 33.0 Å². The normalized spacial score (nSPS) is 17.8. The van der Waals surface area contributed by atoms with E-state index in [1.165, 1.54) is 4.31 Å². The number of hydrogen-bond donors (Lipinski definition) is 1. The van der Waals surface area contributed by atoms with E-state index in [1.807, 2.05) is 43.3 Å². The number of nitrogens with zero attached hydrogens (tertiary/aromatic N) is 2. The number of para-hydroxylation sites is 1. The molecule has 0 bridgehead atoms. The predicted molar refractivity (Wildman–Crippen MR) is 87.2 cm³/mol. The second-order valence-corrected chi connectivity index (χ2v) is 7.44. The molecule has 0 unspecified atom stereocenters. The molecule has 0 radical (unpaired) electrons. The Bertz CT molecular complexity index is 583. The molecule has 1 aromatic rings. The van der Waals surface area contributed by atoms with Gasteiger partial charge in [-0.15, -0.1) is 0 Å². The molecule has 0 saturated carbocycles. The van der Waals surface area contributed by atoms with Gasteiger partial charge in [-0.3, -0.25) is 0 Å². The molecule has 2 rings (SSSR count). The molecule has 1 aliphatic heterocycles. The molecule has 1 aliphatic rings. The highest BCUT2D eigenvalue weighted by atomic mass is 32.2. The van der Waals surface area contributed by atoms with Crippen LogP contribution in [0, 0.1) is 0 Å². The van der Waals surface area contributed by atoms with E-state index in [1.54, 1.807) is 7.11 Å². The van der Waals surface area contributed by atoms with Gasteiger partial charge >= 0.3 is 0 Å². The first-order valence-corrected chi connectivity index (χ1v) is 8.94. The monoisotopic (exact) mass is 327 g/mol. The highest BCUT2D eigenvalue weighted by Crippen LogP contribution is 2.27. The van der Waals surface area contributed by atoms with Gasteiger partial charge in [0.25, 0.3) is 10.2 Å². The summed E-state index contributed by atoms with van der Waals surface area (Å²) in [6.45, 7) is 1.53. The fourth-order valence-electron chi connectivity index (χ4n) is 2.72. The first kappa shape index (κ1) is 17.2. The fraction of sp³-hybridized carbons (Fsp3) is 0.600. The summed E-state index contributed by atoms with van der Waals surface area (Å²) in [6, 6.07) is 7.61. The minimum absolute atomic E-state index is 0.0893. The van der Waals surface area contributed by atoms with Gasteiger partial charge in [-0.2, -0.15) is 12.7 Å². The van der Waals surface area contributed by atoms with Crippen molar-refractivity contribution in [3.8, 4) is 5.75 Å². The van der Waals surface area contributed by atoms with Crippen LogP contribution in [0.25, 0.3) is 0 Å². The maximum atomic E-state index is 12.3. The number of likely N-dealkylation sites (N-methyl/N-ethyl adjacent to an activating group) is 1. The summed E-state index contributed by atoms with van der Waals surface area (Å²) in [6.07, 6.45) is 1.87. The van der Waals surface area contributed by atoms with Crippen LogP contribution in [0.5, 0.6) is 5.75 Å². The van der Waals surface area contributed by atoms with Crippen LogP contribution in [-0.2, 0) is 10.2 Å². The molecule has 1 saturated heterocycles. The summed E-state index contributed by atoms with van der Waals surface area (Å²) < 4.78 is 34.3. The second-order valence-electron chi connectivity index (χ2n) is 5.68. The Kier molecular flexibility index (Phi) is 5.80. The highest BCUT2D eigenvalue weighted by Gasteiger charge is 2.27. The Morgan fingerprint density at radius 2 is 1.91 bits per heavy atom. The first-order valence-electron chi connectivity index (χ1n) is 7.50. The van der Waals surface area contributed by atoms with Crippen molar-refractivity contribution in [2.24, 2.45) is 0 Å². The van der Waals surface area contributed by atoms with Gasteiger partial charge < -0.3 is 9.64 Å². The van der Waals surface area contributed by atoms with Crippen molar-refractivity contribution in [1.29, 1.82) is 0 Å². The third-order valence-electron chi connectivity index (χ3n) is 3.99. The van der Waals surface area contributed by atoms with E-state index >= 15 is 0 Å². The van der Waals surface area contributed by atoms with Crippen LogP contribution in [-0.4, -0.2) is 58.5 Å². The first-order chi connectivity index (χ1) is 10.5. The van der Waals surface area contributed by atoms with Crippen molar-refractivity contribution < 1.29 is 13.2 Å². The maximum Gasteiger partial charge on any atom is 0.279 e. The molecule has 6 nitrogen and oxygen atoms in total. The quantitative estimate of drug-likeness (QED) is 0.818. The van der Waals surface area contributed by atoms with Gasteiger partial charge in [0.2, 0.25) is 0 Å². The lowest BCUT2D eigenvalue weighted by Crippen LogP contribution is -2.42. The van der Waals surface area contributed by atoms with Crippen LogP contribution in [0.1, 0.15) is 24.4 Å². The minimum Gasteiger partial charge on any atom is -0.496 e. The van der Waals surface area contributed by atoms with E-state index in [0.717, 1.165) is 24.2 Å². The second kappa shape index (κ2) is 7.41. The van der Waals surface area contributed by atoms with E-state index in [4.69, 9.17) is 4.74 Å². The number of methoxy groups -OCH3 is 1. The Labute approximate surface area is 133 Å². The molecular weight excluding hydrogens is 302 g/mol. The summed E-state index contributed by atoms with van der Waals surface area (Å²) in [5.41, 5.74) is 0.971. The van der Waals surface area contributed by atoms with Gasteiger partial charge in [-0.25, -0.2) is 4.72 Å². The molecule has 0 aromatic heterocycles. The van der Waals surface area contributed by atoms with Gasteiger partial charge in [0.1, 0.15) is 5.75 Å². The summed E-state index contributed by atoms with van der Waals surface area (Å²) in [4.78, 5) is 1.99.